The Bertz CT molecular complexity index is 279. The molecule has 0 radical (unpaired) electrons. The molecule has 6 heteroatoms. The first-order valence-corrected chi connectivity index (χ1v) is 4.23. The van der Waals surface area contributed by atoms with Gasteiger partial charge >= 0.3 is 0 Å². The van der Waals surface area contributed by atoms with Gasteiger partial charge in [-0.25, -0.2) is 4.68 Å². The summed E-state index contributed by atoms with van der Waals surface area (Å²) in [5, 5.41) is 7.44. The van der Waals surface area contributed by atoms with Gasteiger partial charge in [-0.15, -0.1) is 10.2 Å². The van der Waals surface area contributed by atoms with E-state index in [4.69, 9.17) is 17.3 Å². The Morgan fingerprint density at radius 3 is 2.38 bits per heavy atom. The first-order valence-electron chi connectivity index (χ1n) is 4.23. The van der Waals surface area contributed by atoms with Crippen molar-refractivity contribution in [3.05, 3.63) is 5.82 Å². The molecule has 0 saturated heterocycles. The molecule has 13 heavy (non-hydrogen) atoms. The van der Waals surface area contributed by atoms with Crippen LogP contribution in [0.4, 0.5) is 5.95 Å². The van der Waals surface area contributed by atoms with Gasteiger partial charge in [0.2, 0.25) is 5.95 Å². The number of anilines is 1. The van der Waals surface area contributed by atoms with Gasteiger partial charge in [0, 0.05) is 0 Å². The number of hydrogen-bond donors (Lipinski definition) is 3. The molecule has 1 aromatic rings. The number of nitrogen functional groups attached to an aromatic ring is 2. The second-order valence-electron chi connectivity index (χ2n) is 3.52. The first-order chi connectivity index (χ1) is 6.02. The van der Waals surface area contributed by atoms with E-state index in [9.17, 15) is 0 Å². The summed E-state index contributed by atoms with van der Waals surface area (Å²) in [7, 11) is 0. The van der Waals surface area contributed by atoms with Crippen LogP contribution >= 0.6 is 0 Å². The van der Waals surface area contributed by atoms with E-state index in [0.29, 0.717) is 11.7 Å². The standard InChI is InChI=1S/C7H16N6/c1-4(2)3-5(8)6-11-12-7(9)13(6)10/h4-5H,3,8,10H2,1-2H3,(H2,9,12). The largest absolute Gasteiger partial charge is 0.366 e. The lowest BCUT2D eigenvalue weighted by molar-refractivity contribution is 0.486. The van der Waals surface area contributed by atoms with E-state index in [1.54, 1.807) is 0 Å². The highest BCUT2D eigenvalue weighted by Gasteiger charge is 2.15. The monoisotopic (exact) mass is 184 g/mol. The first kappa shape index (κ1) is 9.79. The van der Waals surface area contributed by atoms with Crippen molar-refractivity contribution in [2.75, 3.05) is 11.6 Å². The third kappa shape index (κ3) is 2.09. The third-order valence-electron chi connectivity index (χ3n) is 1.81. The molecular weight excluding hydrogens is 168 g/mol. The minimum absolute atomic E-state index is 0.189. The number of rotatable bonds is 3. The maximum Gasteiger partial charge on any atom is 0.240 e. The summed E-state index contributed by atoms with van der Waals surface area (Å²) < 4.78 is 1.23. The fourth-order valence-corrected chi connectivity index (χ4v) is 1.18. The molecular formula is C7H16N6. The van der Waals surface area contributed by atoms with Gasteiger partial charge in [0.25, 0.3) is 0 Å². The molecule has 1 unspecified atom stereocenters. The Balaban J connectivity index is 2.76. The maximum atomic E-state index is 5.85. The maximum absolute atomic E-state index is 5.85. The van der Waals surface area contributed by atoms with Gasteiger partial charge in [0.05, 0.1) is 6.04 Å². The number of hydrogen-bond acceptors (Lipinski definition) is 5. The van der Waals surface area contributed by atoms with Crippen LogP contribution in [0.25, 0.3) is 0 Å². The summed E-state index contributed by atoms with van der Waals surface area (Å²) in [6.45, 7) is 4.17. The average Bonchev–Trinajstić information content (AvgIpc) is 2.31. The van der Waals surface area contributed by atoms with Gasteiger partial charge in [0.15, 0.2) is 5.82 Å². The molecule has 0 aliphatic heterocycles. The topological polar surface area (TPSA) is 109 Å². The quantitative estimate of drug-likeness (QED) is 0.555. The van der Waals surface area contributed by atoms with E-state index < -0.39 is 0 Å². The minimum Gasteiger partial charge on any atom is -0.366 e. The lowest BCUT2D eigenvalue weighted by Crippen LogP contribution is -2.23. The second kappa shape index (κ2) is 3.61. The van der Waals surface area contributed by atoms with E-state index in [1.807, 2.05) is 0 Å². The van der Waals surface area contributed by atoms with Crippen molar-refractivity contribution in [2.45, 2.75) is 26.3 Å². The Morgan fingerprint density at radius 2 is 2.00 bits per heavy atom. The molecule has 0 amide bonds. The van der Waals surface area contributed by atoms with Crippen molar-refractivity contribution < 1.29 is 0 Å². The lowest BCUT2D eigenvalue weighted by Gasteiger charge is -2.12. The van der Waals surface area contributed by atoms with Crippen LogP contribution in [0.15, 0.2) is 0 Å². The Morgan fingerprint density at radius 1 is 1.38 bits per heavy atom. The number of nitrogens with two attached hydrogens (primary N) is 3. The van der Waals surface area contributed by atoms with E-state index in [0.717, 1.165) is 6.42 Å². The van der Waals surface area contributed by atoms with Crippen LogP contribution in [0, 0.1) is 5.92 Å². The highest BCUT2D eigenvalue weighted by atomic mass is 15.4. The van der Waals surface area contributed by atoms with Crippen molar-refractivity contribution in [1.82, 2.24) is 14.9 Å². The molecule has 0 aliphatic rings. The molecule has 1 heterocycles. The van der Waals surface area contributed by atoms with Crippen LogP contribution in [0.5, 0.6) is 0 Å². The Kier molecular flexibility index (Phi) is 2.72. The normalized spacial score (nSPS) is 13.5. The molecule has 0 aliphatic carbocycles. The van der Waals surface area contributed by atoms with Gasteiger partial charge in [0.1, 0.15) is 0 Å². The summed E-state index contributed by atoms with van der Waals surface area (Å²) in [5.74, 6) is 6.78. The summed E-state index contributed by atoms with van der Waals surface area (Å²) in [6, 6.07) is -0.199. The van der Waals surface area contributed by atoms with Gasteiger partial charge in [-0.1, -0.05) is 13.8 Å². The Labute approximate surface area is 77.1 Å². The molecule has 0 spiro atoms. The fourth-order valence-electron chi connectivity index (χ4n) is 1.18. The van der Waals surface area contributed by atoms with Crippen LogP contribution in [0.3, 0.4) is 0 Å². The smallest absolute Gasteiger partial charge is 0.240 e. The van der Waals surface area contributed by atoms with Crippen LogP contribution in [-0.4, -0.2) is 14.9 Å². The van der Waals surface area contributed by atoms with E-state index in [1.165, 1.54) is 4.68 Å². The zero-order valence-electron chi connectivity index (χ0n) is 7.94. The summed E-state index contributed by atoms with van der Waals surface area (Å²) >= 11 is 0. The molecule has 0 bridgehead atoms. The fraction of sp³-hybridized carbons (Fsp3) is 0.714. The minimum atomic E-state index is -0.199. The van der Waals surface area contributed by atoms with Crippen molar-refractivity contribution in [2.24, 2.45) is 11.7 Å². The van der Waals surface area contributed by atoms with Crippen molar-refractivity contribution in [3.63, 3.8) is 0 Å². The zero-order chi connectivity index (χ0) is 10.0. The van der Waals surface area contributed by atoms with E-state index in [2.05, 4.69) is 24.0 Å². The predicted molar refractivity (Wildman–Crippen MR) is 51.0 cm³/mol. The molecule has 1 atom stereocenters. The average molecular weight is 184 g/mol. The SMILES string of the molecule is CC(C)CC(N)c1nnc(N)n1N. The van der Waals surface area contributed by atoms with E-state index in [-0.39, 0.29) is 12.0 Å². The van der Waals surface area contributed by atoms with Crippen molar-refractivity contribution in [1.29, 1.82) is 0 Å². The van der Waals surface area contributed by atoms with Crippen molar-refractivity contribution >= 4 is 5.95 Å². The summed E-state index contributed by atoms with van der Waals surface area (Å²) in [6.07, 6.45) is 0.815. The van der Waals surface area contributed by atoms with Crippen LogP contribution in [-0.2, 0) is 0 Å². The van der Waals surface area contributed by atoms with Crippen molar-refractivity contribution in [3.8, 4) is 0 Å². The van der Waals surface area contributed by atoms with Gasteiger partial charge in [-0.3, -0.25) is 0 Å². The van der Waals surface area contributed by atoms with Gasteiger partial charge in [-0.05, 0) is 12.3 Å². The molecule has 0 fully saturated rings. The summed E-state index contributed by atoms with van der Waals surface area (Å²) in [5.41, 5.74) is 11.3. The van der Waals surface area contributed by atoms with Crippen LogP contribution < -0.4 is 17.3 Å². The van der Waals surface area contributed by atoms with Gasteiger partial charge in [-0.2, -0.15) is 0 Å². The molecule has 0 aromatic carbocycles. The molecule has 6 nitrogen and oxygen atoms in total. The van der Waals surface area contributed by atoms with Crippen LogP contribution in [0.2, 0.25) is 0 Å². The van der Waals surface area contributed by atoms with Crippen LogP contribution in [0.1, 0.15) is 32.1 Å². The lowest BCUT2D eigenvalue weighted by atomic mass is 10.0. The highest BCUT2D eigenvalue weighted by molar-refractivity contribution is 5.18. The predicted octanol–water partition coefficient (Wildman–Crippen LogP) is -0.380. The Hall–Kier alpha value is -1.30. The molecule has 0 saturated carbocycles. The second-order valence-corrected chi connectivity index (χ2v) is 3.52. The summed E-state index contributed by atoms with van der Waals surface area (Å²) in [4.78, 5) is 0. The number of aromatic nitrogens is 3. The molecule has 74 valence electrons. The molecule has 1 aromatic heterocycles. The van der Waals surface area contributed by atoms with E-state index >= 15 is 0 Å². The molecule has 6 N–H and O–H groups in total. The molecule has 1 rings (SSSR count). The number of nitrogens with zero attached hydrogens (tertiary/aromatic N) is 3. The zero-order valence-corrected chi connectivity index (χ0v) is 7.94. The highest BCUT2D eigenvalue weighted by Crippen LogP contribution is 2.16. The van der Waals surface area contributed by atoms with Gasteiger partial charge < -0.3 is 17.3 Å². The third-order valence-corrected chi connectivity index (χ3v) is 1.81.